The van der Waals surface area contributed by atoms with E-state index in [0.717, 1.165) is 12.8 Å². The van der Waals surface area contributed by atoms with Crippen molar-refractivity contribution < 1.29 is 9.59 Å². The van der Waals surface area contributed by atoms with Crippen molar-refractivity contribution in [2.45, 2.75) is 219 Å². The first kappa shape index (κ1) is 45.1. The smallest absolute Gasteiger partial charge is 0.217 e. The molecule has 0 aliphatic rings. The molecule has 0 fully saturated rings. The number of hydrogen-bond acceptors (Lipinski definition) is 2. The van der Waals surface area contributed by atoms with Gasteiger partial charge in [0.2, 0.25) is 11.8 Å². The lowest BCUT2D eigenvalue weighted by atomic mass is 10.0. The van der Waals surface area contributed by atoms with E-state index >= 15 is 0 Å². The molecule has 2 amide bonds. The Morgan fingerprint density at radius 3 is 0.619 bits per heavy atom. The minimum Gasteiger partial charge on any atom is -0.370 e. The number of amides is 2. The van der Waals surface area contributed by atoms with Gasteiger partial charge in [-0.1, -0.05) is 194 Å². The Bertz CT molecular complexity index is 465. The van der Waals surface area contributed by atoms with Gasteiger partial charge in [0.05, 0.1) is 0 Å². The van der Waals surface area contributed by atoms with Crippen LogP contribution in [0.15, 0.2) is 13.2 Å². The van der Waals surface area contributed by atoms with Gasteiger partial charge in [0.25, 0.3) is 0 Å². The van der Waals surface area contributed by atoms with E-state index in [0.29, 0.717) is 12.8 Å². The van der Waals surface area contributed by atoms with Crippen molar-refractivity contribution in [3.63, 3.8) is 0 Å². The van der Waals surface area contributed by atoms with Crippen LogP contribution in [0.5, 0.6) is 0 Å². The van der Waals surface area contributed by atoms with Crippen molar-refractivity contribution in [2.24, 2.45) is 11.5 Å². The summed E-state index contributed by atoms with van der Waals surface area (Å²) in [6, 6.07) is 0. The van der Waals surface area contributed by atoms with Crippen LogP contribution < -0.4 is 11.5 Å². The van der Waals surface area contributed by atoms with Crippen molar-refractivity contribution in [3.8, 4) is 0 Å². The number of nitrogens with two attached hydrogens (primary N) is 2. The van der Waals surface area contributed by atoms with Gasteiger partial charge in [0.15, 0.2) is 0 Å². The van der Waals surface area contributed by atoms with Gasteiger partial charge in [-0.2, -0.15) is 0 Å². The topological polar surface area (TPSA) is 86.2 Å². The second-order valence-corrected chi connectivity index (χ2v) is 12.3. The number of unbranched alkanes of at least 4 members (excludes halogenated alkanes) is 28. The van der Waals surface area contributed by atoms with E-state index < -0.39 is 0 Å². The molecule has 42 heavy (non-hydrogen) atoms. The molecule has 0 aromatic rings. The average Bonchev–Trinajstić information content (AvgIpc) is 2.98. The number of carbonyl (C=O) groups is 2. The number of rotatable bonds is 32. The maximum atomic E-state index is 10.6. The molecule has 4 nitrogen and oxygen atoms in total. The molecule has 0 aliphatic heterocycles. The summed E-state index contributed by atoms with van der Waals surface area (Å²) in [5.41, 5.74) is 10.2. The number of carbonyl (C=O) groups excluding carboxylic acids is 2. The van der Waals surface area contributed by atoms with Crippen LogP contribution in [0.25, 0.3) is 0 Å². The summed E-state index contributed by atoms with van der Waals surface area (Å²) >= 11 is 0. The second-order valence-electron chi connectivity index (χ2n) is 12.3. The molecule has 0 aromatic heterocycles. The monoisotopic (exact) mass is 595 g/mol. The zero-order valence-electron chi connectivity index (χ0n) is 29.0. The lowest BCUT2D eigenvalue weighted by Gasteiger charge is -2.03. The molecule has 4 heteroatoms. The lowest BCUT2D eigenvalue weighted by Crippen LogP contribution is -2.09. The first-order valence-electron chi connectivity index (χ1n) is 18.6. The molecule has 0 spiro atoms. The van der Waals surface area contributed by atoms with Crippen LogP contribution in [-0.2, 0) is 9.59 Å². The minimum absolute atomic E-state index is 0.153. The highest BCUT2D eigenvalue weighted by atomic mass is 16.1. The van der Waals surface area contributed by atoms with Gasteiger partial charge in [-0.25, -0.2) is 0 Å². The normalized spacial score (nSPS) is 10.4. The van der Waals surface area contributed by atoms with E-state index in [-0.39, 0.29) is 11.8 Å². The van der Waals surface area contributed by atoms with Crippen molar-refractivity contribution in [1.29, 1.82) is 0 Å². The standard InChI is InChI=1S/2C18H37NO.C2H4/c2*1-2-3-4-5-6-7-8-9-10-11-12-13-14-15-16-17-18(19)20;1-2/h2*2-17H2,1H3,(H2,19,20);1-2H2. The first-order valence-corrected chi connectivity index (χ1v) is 18.6. The van der Waals surface area contributed by atoms with Crippen LogP contribution in [0.3, 0.4) is 0 Å². The Labute approximate surface area is 265 Å². The van der Waals surface area contributed by atoms with Gasteiger partial charge in [0, 0.05) is 12.8 Å². The summed E-state index contributed by atoms with van der Waals surface area (Å²) in [7, 11) is 0. The summed E-state index contributed by atoms with van der Waals surface area (Å²) in [4.78, 5) is 21.1. The summed E-state index contributed by atoms with van der Waals surface area (Å²) in [5.74, 6) is -0.306. The third-order valence-electron chi connectivity index (χ3n) is 8.05. The fourth-order valence-electron chi connectivity index (χ4n) is 5.34. The fraction of sp³-hybridized carbons (Fsp3) is 0.895. The number of hydrogen-bond donors (Lipinski definition) is 2. The van der Waals surface area contributed by atoms with Crippen LogP contribution in [0.4, 0.5) is 0 Å². The predicted octanol–water partition coefficient (Wildman–Crippen LogP) is 12.3. The van der Waals surface area contributed by atoms with Crippen molar-refractivity contribution >= 4 is 11.8 Å². The third kappa shape index (κ3) is 51.4. The van der Waals surface area contributed by atoms with Gasteiger partial charge < -0.3 is 11.5 Å². The Kier molecular flexibility index (Phi) is 47.4. The van der Waals surface area contributed by atoms with Crippen molar-refractivity contribution in [2.75, 3.05) is 0 Å². The molecule has 4 N–H and O–H groups in total. The molecule has 0 aromatic carbocycles. The van der Waals surface area contributed by atoms with E-state index in [1.165, 1.54) is 180 Å². The van der Waals surface area contributed by atoms with Gasteiger partial charge in [-0.15, -0.1) is 13.2 Å². The molecule has 0 saturated heterocycles. The van der Waals surface area contributed by atoms with Crippen molar-refractivity contribution in [1.82, 2.24) is 0 Å². The Hall–Kier alpha value is -1.32. The van der Waals surface area contributed by atoms with Gasteiger partial charge in [0.1, 0.15) is 0 Å². The van der Waals surface area contributed by atoms with Crippen LogP contribution in [0.1, 0.15) is 219 Å². The maximum absolute atomic E-state index is 10.6. The highest BCUT2D eigenvalue weighted by molar-refractivity contribution is 5.73. The Balaban J connectivity index is -0.000000683. The Morgan fingerprint density at radius 1 is 0.333 bits per heavy atom. The molecule has 0 saturated carbocycles. The van der Waals surface area contributed by atoms with Crippen molar-refractivity contribution in [3.05, 3.63) is 13.2 Å². The van der Waals surface area contributed by atoms with E-state index in [1.54, 1.807) is 0 Å². The van der Waals surface area contributed by atoms with Crippen LogP contribution in [0.2, 0.25) is 0 Å². The molecule has 0 aliphatic carbocycles. The SMILES string of the molecule is C=C.CCCCCCCCCCCCCCCCCC(N)=O.CCCCCCCCCCCCCCCCCC(N)=O. The first-order chi connectivity index (χ1) is 20.5. The molecule has 0 bridgehead atoms. The zero-order chi connectivity index (χ0) is 31.8. The largest absolute Gasteiger partial charge is 0.370 e. The van der Waals surface area contributed by atoms with E-state index in [9.17, 15) is 9.59 Å². The molecular formula is C38H78N2O2. The van der Waals surface area contributed by atoms with Crippen LogP contribution in [-0.4, -0.2) is 11.8 Å². The van der Waals surface area contributed by atoms with Gasteiger partial charge in [-0.3, -0.25) is 9.59 Å². The molecule has 0 heterocycles. The van der Waals surface area contributed by atoms with Crippen LogP contribution in [0, 0.1) is 0 Å². The van der Waals surface area contributed by atoms with Gasteiger partial charge in [-0.05, 0) is 12.8 Å². The summed E-state index contributed by atoms with van der Waals surface area (Å²) in [6.45, 7) is 10.6. The summed E-state index contributed by atoms with van der Waals surface area (Å²) < 4.78 is 0. The Morgan fingerprint density at radius 2 is 0.476 bits per heavy atom. The van der Waals surface area contributed by atoms with E-state index in [2.05, 4.69) is 27.0 Å². The van der Waals surface area contributed by atoms with Crippen LogP contribution >= 0.6 is 0 Å². The molecule has 0 atom stereocenters. The molecule has 0 unspecified atom stereocenters. The average molecular weight is 595 g/mol. The second kappa shape index (κ2) is 44.1. The quantitative estimate of drug-likeness (QED) is 0.0599. The molecule has 0 radical (unpaired) electrons. The zero-order valence-corrected chi connectivity index (χ0v) is 29.0. The molecule has 252 valence electrons. The number of primary amides is 2. The highest BCUT2D eigenvalue weighted by Gasteiger charge is 1.97. The lowest BCUT2D eigenvalue weighted by molar-refractivity contribution is -0.119. The van der Waals surface area contributed by atoms with E-state index in [1.807, 2.05) is 0 Å². The summed E-state index contributed by atoms with van der Waals surface area (Å²) in [5, 5.41) is 0. The third-order valence-corrected chi connectivity index (χ3v) is 8.05. The molecule has 0 rings (SSSR count). The maximum Gasteiger partial charge on any atom is 0.217 e. The fourth-order valence-corrected chi connectivity index (χ4v) is 5.34. The summed E-state index contributed by atoms with van der Waals surface area (Å²) in [6.07, 6.45) is 41.8. The predicted molar refractivity (Wildman–Crippen MR) is 189 cm³/mol. The van der Waals surface area contributed by atoms with E-state index in [4.69, 9.17) is 11.5 Å². The molecular weight excluding hydrogens is 516 g/mol. The van der Waals surface area contributed by atoms with Gasteiger partial charge >= 0.3 is 0 Å². The highest BCUT2D eigenvalue weighted by Crippen LogP contribution is 2.15. The minimum atomic E-state index is -0.153.